The van der Waals surface area contributed by atoms with Crippen molar-refractivity contribution in [2.45, 2.75) is 20.3 Å². The summed E-state index contributed by atoms with van der Waals surface area (Å²) in [6.07, 6.45) is 3.50. The third-order valence-electron chi connectivity index (χ3n) is 4.75. The quantitative estimate of drug-likeness (QED) is 0.419. The van der Waals surface area contributed by atoms with E-state index in [1.54, 1.807) is 6.07 Å². The van der Waals surface area contributed by atoms with Crippen molar-refractivity contribution in [3.8, 4) is 5.69 Å². The Balaban J connectivity index is 0.000000203. The number of hydrogen-bond acceptors (Lipinski definition) is 6. The molecule has 3 heterocycles. The highest BCUT2D eigenvalue weighted by atomic mass is 35.5. The zero-order valence-electron chi connectivity index (χ0n) is 17.3. The summed E-state index contributed by atoms with van der Waals surface area (Å²) in [6.45, 7) is 3.82. The summed E-state index contributed by atoms with van der Waals surface area (Å²) >= 11 is 6.10. The van der Waals surface area contributed by atoms with Gasteiger partial charge in [-0.05, 0) is 48.9 Å². The Labute approximate surface area is 186 Å². The van der Waals surface area contributed by atoms with Crippen LogP contribution in [0.5, 0.6) is 0 Å². The second kappa shape index (κ2) is 8.72. The number of nitrogen functional groups attached to an aromatic ring is 1. The molecule has 0 aliphatic carbocycles. The monoisotopic (exact) mass is 451 g/mol. The predicted molar refractivity (Wildman–Crippen MR) is 123 cm³/mol. The van der Waals surface area contributed by atoms with E-state index in [0.29, 0.717) is 45.5 Å². The molecule has 2 aromatic carbocycles. The molecule has 0 aliphatic heterocycles. The second-order valence-corrected chi connectivity index (χ2v) is 7.47. The van der Waals surface area contributed by atoms with Crippen molar-refractivity contribution < 1.29 is 4.39 Å². The summed E-state index contributed by atoms with van der Waals surface area (Å²) in [4.78, 5) is 31.6. The van der Waals surface area contributed by atoms with Crippen LogP contribution in [0.15, 0.2) is 53.8 Å². The van der Waals surface area contributed by atoms with E-state index in [9.17, 15) is 9.18 Å². The first-order valence-electron chi connectivity index (χ1n) is 9.75. The molecule has 0 saturated heterocycles. The summed E-state index contributed by atoms with van der Waals surface area (Å²) in [5.41, 5.74) is 8.57. The van der Waals surface area contributed by atoms with E-state index >= 15 is 0 Å². The van der Waals surface area contributed by atoms with Crippen LogP contribution in [0.2, 0.25) is 5.02 Å². The van der Waals surface area contributed by atoms with Gasteiger partial charge >= 0.3 is 0 Å². The first kappa shape index (κ1) is 21.4. The lowest BCUT2D eigenvalue weighted by atomic mass is 10.2. The van der Waals surface area contributed by atoms with Gasteiger partial charge < -0.3 is 10.7 Å². The van der Waals surface area contributed by atoms with Crippen molar-refractivity contribution in [3.63, 3.8) is 0 Å². The maximum atomic E-state index is 13.5. The van der Waals surface area contributed by atoms with E-state index in [-0.39, 0.29) is 10.9 Å². The number of nitrogens with one attached hydrogen (secondary N) is 1. The third kappa shape index (κ3) is 4.15. The molecule has 0 spiro atoms. The van der Waals surface area contributed by atoms with Crippen LogP contribution in [-0.4, -0.2) is 29.5 Å². The average molecular weight is 452 g/mol. The number of anilines is 1. The molecule has 0 bridgehead atoms. The van der Waals surface area contributed by atoms with Gasteiger partial charge in [-0.15, -0.1) is 0 Å². The molecule has 0 amide bonds. The fraction of sp³-hybridized carbons (Fsp3) is 0.136. The normalized spacial score (nSPS) is 10.9. The van der Waals surface area contributed by atoms with Gasteiger partial charge in [0.2, 0.25) is 0 Å². The van der Waals surface area contributed by atoms with E-state index in [0.717, 1.165) is 5.56 Å². The lowest BCUT2D eigenvalue weighted by Crippen LogP contribution is -2.23. The van der Waals surface area contributed by atoms with E-state index in [4.69, 9.17) is 17.3 Å². The molecular weight excluding hydrogens is 433 g/mol. The Bertz CT molecular complexity index is 1480. The first-order valence-corrected chi connectivity index (χ1v) is 10.1. The Kier molecular flexibility index (Phi) is 5.83. The highest BCUT2D eigenvalue weighted by molar-refractivity contribution is 6.30. The number of H-pyrrole nitrogens is 1. The van der Waals surface area contributed by atoms with E-state index < -0.39 is 5.82 Å². The summed E-state index contributed by atoms with van der Waals surface area (Å²) in [5, 5.41) is 0.804. The Hall–Kier alpha value is -3.85. The number of imidazole rings is 1. The number of aromatic amines is 1. The number of fused-ring (bicyclic) bond motifs is 2. The van der Waals surface area contributed by atoms with Crippen molar-refractivity contribution in [2.24, 2.45) is 0 Å². The minimum absolute atomic E-state index is 0.259. The van der Waals surface area contributed by atoms with Crippen LogP contribution in [0.4, 0.5) is 10.2 Å². The fourth-order valence-electron chi connectivity index (χ4n) is 3.34. The van der Waals surface area contributed by atoms with Gasteiger partial charge in [0.1, 0.15) is 23.5 Å². The van der Waals surface area contributed by atoms with Crippen molar-refractivity contribution in [1.29, 1.82) is 0 Å². The summed E-state index contributed by atoms with van der Waals surface area (Å²) in [5.74, 6) is 0.595. The number of nitrogens with two attached hydrogens (primary N) is 1. The molecule has 0 unspecified atom stereocenters. The average Bonchev–Trinajstić information content (AvgIpc) is 3.24. The topological polar surface area (TPSA) is 115 Å². The van der Waals surface area contributed by atoms with Gasteiger partial charge in [0.05, 0.1) is 22.9 Å². The van der Waals surface area contributed by atoms with Crippen molar-refractivity contribution in [1.82, 2.24) is 29.5 Å². The first-order chi connectivity index (χ1) is 15.4. The smallest absolute Gasteiger partial charge is 0.266 e. The van der Waals surface area contributed by atoms with Crippen molar-refractivity contribution in [2.75, 3.05) is 5.73 Å². The highest BCUT2D eigenvalue weighted by Gasteiger charge is 2.13. The number of halogens is 2. The van der Waals surface area contributed by atoms with Gasteiger partial charge in [0.15, 0.2) is 11.5 Å². The number of benzene rings is 2. The summed E-state index contributed by atoms with van der Waals surface area (Å²) in [6, 6.07) is 9.44. The summed E-state index contributed by atoms with van der Waals surface area (Å²) in [7, 11) is 0. The molecule has 0 saturated carbocycles. The molecule has 3 aromatic heterocycles. The molecule has 0 atom stereocenters. The molecule has 0 aliphatic rings. The molecule has 162 valence electrons. The van der Waals surface area contributed by atoms with E-state index in [2.05, 4.69) is 24.9 Å². The maximum Gasteiger partial charge on any atom is 0.266 e. The third-order valence-corrected chi connectivity index (χ3v) is 4.97. The lowest BCUT2D eigenvalue weighted by molar-refractivity contribution is 0.629. The predicted octanol–water partition coefficient (Wildman–Crippen LogP) is 3.98. The molecule has 5 rings (SSSR count). The second-order valence-electron chi connectivity index (χ2n) is 7.03. The Morgan fingerprint density at radius 1 is 1.16 bits per heavy atom. The van der Waals surface area contributed by atoms with Crippen molar-refractivity contribution in [3.05, 3.63) is 81.6 Å². The SMILES string of the molecule is CCc1nc2ccc(F)cc2c(=O)n1-c1cc(C)cc(Cl)c1.Nc1ncnc2nc[nH]c12. The summed E-state index contributed by atoms with van der Waals surface area (Å²) < 4.78 is 15.0. The molecule has 10 heteroatoms. The van der Waals surface area contributed by atoms with Crippen LogP contribution in [-0.2, 0) is 6.42 Å². The van der Waals surface area contributed by atoms with Gasteiger partial charge in [-0.3, -0.25) is 9.36 Å². The molecule has 5 aromatic rings. The minimum atomic E-state index is -0.454. The molecular formula is C22H19ClFN7O. The van der Waals surface area contributed by atoms with Gasteiger partial charge in [0, 0.05) is 11.4 Å². The standard InChI is InChI=1S/C17H14ClFN2O.C5H5N5/c1-3-16-20-15-5-4-12(19)9-14(15)17(22)21(16)13-7-10(2)6-11(18)8-13;6-4-3-5(9-1-7-3)10-2-8-4/h4-9H,3H2,1-2H3;1-2H,(H3,6,7,8,9,10). The molecule has 0 fully saturated rings. The number of hydrogen-bond donors (Lipinski definition) is 2. The molecule has 8 nitrogen and oxygen atoms in total. The van der Waals surface area contributed by atoms with E-state index in [1.807, 2.05) is 26.0 Å². The van der Waals surface area contributed by atoms with Crippen LogP contribution in [0, 0.1) is 12.7 Å². The van der Waals surface area contributed by atoms with Crippen molar-refractivity contribution >= 4 is 39.5 Å². The van der Waals surface area contributed by atoms with Crippen LogP contribution in [0.3, 0.4) is 0 Å². The maximum absolute atomic E-state index is 13.5. The van der Waals surface area contributed by atoms with Crippen LogP contribution >= 0.6 is 11.6 Å². The largest absolute Gasteiger partial charge is 0.382 e. The Morgan fingerprint density at radius 2 is 1.97 bits per heavy atom. The van der Waals surface area contributed by atoms with Crippen LogP contribution in [0.25, 0.3) is 27.8 Å². The number of aromatic nitrogens is 6. The highest BCUT2D eigenvalue weighted by Crippen LogP contribution is 2.20. The number of rotatable bonds is 2. The van der Waals surface area contributed by atoms with Gasteiger partial charge in [-0.2, -0.15) is 0 Å². The van der Waals surface area contributed by atoms with E-state index in [1.165, 1.54) is 35.4 Å². The van der Waals surface area contributed by atoms with Crippen LogP contribution < -0.4 is 11.3 Å². The van der Waals surface area contributed by atoms with Gasteiger partial charge in [0.25, 0.3) is 5.56 Å². The molecule has 32 heavy (non-hydrogen) atoms. The van der Waals surface area contributed by atoms with Gasteiger partial charge in [-0.25, -0.2) is 24.3 Å². The van der Waals surface area contributed by atoms with Crippen LogP contribution in [0.1, 0.15) is 18.3 Å². The van der Waals surface area contributed by atoms with Gasteiger partial charge in [-0.1, -0.05) is 18.5 Å². The minimum Gasteiger partial charge on any atom is -0.382 e. The molecule has 3 N–H and O–H groups in total. The fourth-order valence-corrected chi connectivity index (χ4v) is 3.62. The Morgan fingerprint density at radius 3 is 2.69 bits per heavy atom. The number of aryl methyl sites for hydroxylation is 2. The molecule has 0 radical (unpaired) electrons. The lowest BCUT2D eigenvalue weighted by Gasteiger charge is -2.13. The zero-order chi connectivity index (χ0) is 22.8. The zero-order valence-corrected chi connectivity index (χ0v) is 18.1. The number of nitrogens with zero attached hydrogens (tertiary/aromatic N) is 5.